The molecule has 0 radical (unpaired) electrons. The first-order chi connectivity index (χ1) is 11.7. The number of amides is 1. The summed E-state index contributed by atoms with van der Waals surface area (Å²) in [7, 11) is 1.54. The average molecular weight is 330 g/mol. The second-order valence-corrected chi connectivity index (χ2v) is 5.87. The maximum absolute atomic E-state index is 12.4. The molecule has 2 aromatic rings. The Morgan fingerprint density at radius 3 is 2.83 bits per heavy atom. The Bertz CT molecular complexity index is 684. The van der Waals surface area contributed by atoms with Crippen LogP contribution in [0.5, 0.6) is 11.5 Å². The van der Waals surface area contributed by atoms with E-state index in [4.69, 9.17) is 9.15 Å². The van der Waals surface area contributed by atoms with Crippen molar-refractivity contribution >= 4 is 5.91 Å². The number of carbonyl (C=O) groups excluding carboxylic acids is 1. The first-order valence-electron chi connectivity index (χ1n) is 8.09. The number of aromatic hydroxyl groups is 1. The van der Waals surface area contributed by atoms with Gasteiger partial charge in [-0.2, -0.15) is 0 Å². The second kappa shape index (κ2) is 7.40. The predicted octanol–water partition coefficient (Wildman–Crippen LogP) is 2.34. The molecule has 1 amide bonds. The van der Waals surface area contributed by atoms with Gasteiger partial charge in [0.1, 0.15) is 0 Å². The summed E-state index contributed by atoms with van der Waals surface area (Å²) < 4.78 is 10.4. The molecule has 6 nitrogen and oxygen atoms in total. The molecule has 24 heavy (non-hydrogen) atoms. The average Bonchev–Trinajstić information content (AvgIpc) is 3.03. The van der Waals surface area contributed by atoms with Crippen LogP contribution in [0.1, 0.15) is 22.5 Å². The van der Waals surface area contributed by atoms with Crippen molar-refractivity contribution in [1.29, 1.82) is 0 Å². The second-order valence-electron chi connectivity index (χ2n) is 5.87. The van der Waals surface area contributed by atoms with Gasteiger partial charge in [0.2, 0.25) is 0 Å². The molecular formula is C18H22N2O4. The number of nitrogens with zero attached hydrogens (tertiary/aromatic N) is 2. The fourth-order valence-corrected chi connectivity index (χ4v) is 2.99. The molecule has 1 fully saturated rings. The molecule has 0 saturated carbocycles. The third kappa shape index (κ3) is 3.54. The Morgan fingerprint density at radius 2 is 2.08 bits per heavy atom. The van der Waals surface area contributed by atoms with Gasteiger partial charge in [-0.1, -0.05) is 12.1 Å². The van der Waals surface area contributed by atoms with E-state index in [2.05, 4.69) is 4.90 Å². The maximum Gasteiger partial charge on any atom is 0.289 e. The van der Waals surface area contributed by atoms with Crippen LogP contribution in [0.2, 0.25) is 0 Å². The lowest BCUT2D eigenvalue weighted by atomic mass is 10.1. The highest BCUT2D eigenvalue weighted by atomic mass is 16.5. The standard InChI is InChI=1S/C18H22N2O4/c1-23-15-6-2-5-14(17(15)21)13-19-8-4-9-20(11-10-19)18(22)16-7-3-12-24-16/h2-3,5-7,12,21H,4,8-11,13H2,1H3. The van der Waals surface area contributed by atoms with Crippen LogP contribution < -0.4 is 4.74 Å². The van der Waals surface area contributed by atoms with Crippen LogP contribution in [-0.2, 0) is 6.54 Å². The Morgan fingerprint density at radius 1 is 1.21 bits per heavy atom. The van der Waals surface area contributed by atoms with E-state index in [1.807, 2.05) is 17.0 Å². The van der Waals surface area contributed by atoms with Crippen LogP contribution in [0, 0.1) is 0 Å². The van der Waals surface area contributed by atoms with E-state index >= 15 is 0 Å². The molecule has 0 unspecified atom stereocenters. The number of hydrogen-bond acceptors (Lipinski definition) is 5. The number of hydrogen-bond donors (Lipinski definition) is 1. The van der Waals surface area contributed by atoms with Crippen molar-refractivity contribution in [3.63, 3.8) is 0 Å². The van der Waals surface area contributed by atoms with Crippen molar-refractivity contribution in [3.05, 3.63) is 47.9 Å². The van der Waals surface area contributed by atoms with Gasteiger partial charge in [-0.25, -0.2) is 0 Å². The van der Waals surface area contributed by atoms with Gasteiger partial charge < -0.3 is 19.2 Å². The van der Waals surface area contributed by atoms with Gasteiger partial charge in [-0.05, 0) is 24.6 Å². The number of furan rings is 1. The Labute approximate surface area is 141 Å². The van der Waals surface area contributed by atoms with Crippen molar-refractivity contribution < 1.29 is 19.1 Å². The van der Waals surface area contributed by atoms with Crippen LogP contribution in [0.4, 0.5) is 0 Å². The highest BCUT2D eigenvalue weighted by Gasteiger charge is 2.22. The summed E-state index contributed by atoms with van der Waals surface area (Å²) in [4.78, 5) is 16.4. The van der Waals surface area contributed by atoms with E-state index in [0.29, 0.717) is 31.1 Å². The topological polar surface area (TPSA) is 66.2 Å². The fourth-order valence-electron chi connectivity index (χ4n) is 2.99. The molecule has 6 heteroatoms. The number of para-hydroxylation sites is 1. The molecular weight excluding hydrogens is 308 g/mol. The fraction of sp³-hybridized carbons (Fsp3) is 0.389. The summed E-state index contributed by atoms with van der Waals surface area (Å²) in [5, 5.41) is 10.2. The minimum atomic E-state index is -0.0638. The minimum absolute atomic E-state index is 0.0638. The van der Waals surface area contributed by atoms with Crippen molar-refractivity contribution in [2.75, 3.05) is 33.3 Å². The smallest absolute Gasteiger partial charge is 0.289 e. The molecule has 1 N–H and O–H groups in total. The number of phenolic OH excluding ortho intramolecular Hbond substituents is 1. The van der Waals surface area contributed by atoms with Gasteiger partial charge in [0, 0.05) is 38.3 Å². The highest BCUT2D eigenvalue weighted by molar-refractivity contribution is 5.91. The van der Waals surface area contributed by atoms with E-state index in [-0.39, 0.29) is 11.7 Å². The zero-order valence-electron chi connectivity index (χ0n) is 13.8. The summed E-state index contributed by atoms with van der Waals surface area (Å²) in [5.74, 6) is 0.990. The third-order valence-electron chi connectivity index (χ3n) is 4.30. The molecule has 0 atom stereocenters. The van der Waals surface area contributed by atoms with E-state index < -0.39 is 0 Å². The van der Waals surface area contributed by atoms with Crippen LogP contribution >= 0.6 is 0 Å². The van der Waals surface area contributed by atoms with E-state index in [0.717, 1.165) is 25.1 Å². The van der Waals surface area contributed by atoms with Crippen LogP contribution in [-0.4, -0.2) is 54.1 Å². The molecule has 1 saturated heterocycles. The molecule has 1 aliphatic heterocycles. The van der Waals surface area contributed by atoms with E-state index in [9.17, 15) is 9.90 Å². The predicted molar refractivity (Wildman–Crippen MR) is 89.2 cm³/mol. The summed E-state index contributed by atoms with van der Waals surface area (Å²) in [6.07, 6.45) is 2.40. The van der Waals surface area contributed by atoms with Crippen molar-refractivity contribution in [2.45, 2.75) is 13.0 Å². The summed E-state index contributed by atoms with van der Waals surface area (Å²) in [6.45, 7) is 3.61. The Balaban J connectivity index is 1.63. The van der Waals surface area contributed by atoms with Crippen LogP contribution in [0.25, 0.3) is 0 Å². The number of carbonyl (C=O) groups is 1. The number of ether oxygens (including phenoxy) is 1. The normalized spacial score (nSPS) is 16.0. The van der Waals surface area contributed by atoms with E-state index in [1.54, 1.807) is 25.3 Å². The maximum atomic E-state index is 12.4. The zero-order valence-corrected chi connectivity index (χ0v) is 13.8. The molecule has 1 aromatic carbocycles. The van der Waals surface area contributed by atoms with Gasteiger partial charge in [-0.15, -0.1) is 0 Å². The van der Waals surface area contributed by atoms with Gasteiger partial charge >= 0.3 is 0 Å². The Hall–Kier alpha value is -2.47. The number of phenols is 1. The molecule has 0 spiro atoms. The summed E-state index contributed by atoms with van der Waals surface area (Å²) in [6, 6.07) is 8.93. The summed E-state index contributed by atoms with van der Waals surface area (Å²) >= 11 is 0. The lowest BCUT2D eigenvalue weighted by Crippen LogP contribution is -2.34. The van der Waals surface area contributed by atoms with Crippen LogP contribution in [0.3, 0.4) is 0 Å². The molecule has 0 bridgehead atoms. The molecule has 1 aromatic heterocycles. The lowest BCUT2D eigenvalue weighted by Gasteiger charge is -2.22. The number of methoxy groups -OCH3 is 1. The van der Waals surface area contributed by atoms with Gasteiger partial charge in [0.25, 0.3) is 5.91 Å². The van der Waals surface area contributed by atoms with Gasteiger partial charge in [0.15, 0.2) is 17.3 Å². The van der Waals surface area contributed by atoms with E-state index in [1.165, 1.54) is 6.26 Å². The molecule has 128 valence electrons. The van der Waals surface area contributed by atoms with Gasteiger partial charge in [-0.3, -0.25) is 9.69 Å². The monoisotopic (exact) mass is 330 g/mol. The van der Waals surface area contributed by atoms with Crippen molar-refractivity contribution in [1.82, 2.24) is 9.80 Å². The molecule has 3 rings (SSSR count). The Kier molecular flexibility index (Phi) is 5.05. The van der Waals surface area contributed by atoms with Gasteiger partial charge in [0.05, 0.1) is 13.4 Å². The molecule has 2 heterocycles. The number of benzene rings is 1. The minimum Gasteiger partial charge on any atom is -0.504 e. The molecule has 1 aliphatic rings. The van der Waals surface area contributed by atoms with Crippen molar-refractivity contribution in [3.8, 4) is 11.5 Å². The zero-order chi connectivity index (χ0) is 16.9. The van der Waals surface area contributed by atoms with Crippen molar-refractivity contribution in [2.24, 2.45) is 0 Å². The first-order valence-corrected chi connectivity index (χ1v) is 8.09. The lowest BCUT2D eigenvalue weighted by molar-refractivity contribution is 0.0729. The highest BCUT2D eigenvalue weighted by Crippen LogP contribution is 2.30. The largest absolute Gasteiger partial charge is 0.504 e. The third-order valence-corrected chi connectivity index (χ3v) is 4.30. The first kappa shape index (κ1) is 16.4. The SMILES string of the molecule is COc1cccc(CN2CCCN(C(=O)c3ccco3)CC2)c1O. The molecule has 0 aliphatic carbocycles. The summed E-state index contributed by atoms with van der Waals surface area (Å²) in [5.41, 5.74) is 0.833. The number of rotatable bonds is 4. The quantitative estimate of drug-likeness (QED) is 0.932. The van der Waals surface area contributed by atoms with Crippen LogP contribution in [0.15, 0.2) is 41.0 Å².